The first kappa shape index (κ1) is 9.75. The fourth-order valence-corrected chi connectivity index (χ4v) is 1.70. The second-order valence-corrected chi connectivity index (χ2v) is 4.73. The maximum atomic E-state index is 9.03. The molecule has 0 atom stereocenters. The summed E-state index contributed by atoms with van der Waals surface area (Å²) >= 11 is 1.74. The Morgan fingerprint density at radius 3 is 2.75 bits per heavy atom. The third-order valence-corrected chi connectivity index (χ3v) is 2.83. The first-order chi connectivity index (χ1) is 5.64. The van der Waals surface area contributed by atoms with Crippen molar-refractivity contribution in [3.8, 4) is 0 Å². The van der Waals surface area contributed by atoms with Gasteiger partial charge in [-0.25, -0.2) is 0 Å². The van der Waals surface area contributed by atoms with E-state index in [9.17, 15) is 0 Å². The lowest BCUT2D eigenvalue weighted by Gasteiger charge is -2.20. The molecule has 1 N–H and O–H groups in total. The van der Waals surface area contributed by atoms with Gasteiger partial charge in [0.25, 0.3) is 0 Å². The molecule has 12 heavy (non-hydrogen) atoms. The molecule has 0 radical (unpaired) electrons. The minimum Gasteiger partial charge on any atom is -0.396 e. The van der Waals surface area contributed by atoms with Gasteiger partial charge < -0.3 is 5.11 Å². The molecule has 1 aromatic heterocycles. The van der Waals surface area contributed by atoms with Crippen LogP contribution >= 0.6 is 11.3 Å². The summed E-state index contributed by atoms with van der Waals surface area (Å²) < 4.78 is 0. The highest BCUT2D eigenvalue weighted by Gasteiger charge is 2.15. The summed E-state index contributed by atoms with van der Waals surface area (Å²) in [4.78, 5) is 0. The number of aliphatic hydroxyl groups is 1. The van der Waals surface area contributed by atoms with E-state index in [2.05, 4.69) is 30.7 Å². The lowest BCUT2D eigenvalue weighted by atomic mass is 9.88. The first-order valence-electron chi connectivity index (χ1n) is 4.26. The van der Waals surface area contributed by atoms with Gasteiger partial charge in [0.1, 0.15) is 0 Å². The van der Waals surface area contributed by atoms with Crippen LogP contribution in [0.25, 0.3) is 0 Å². The van der Waals surface area contributed by atoms with Crippen LogP contribution in [0, 0.1) is 5.41 Å². The van der Waals surface area contributed by atoms with Crippen molar-refractivity contribution in [2.75, 3.05) is 6.61 Å². The topological polar surface area (TPSA) is 20.2 Å². The van der Waals surface area contributed by atoms with E-state index >= 15 is 0 Å². The predicted molar refractivity (Wildman–Crippen MR) is 53.5 cm³/mol. The molecule has 0 fully saturated rings. The van der Waals surface area contributed by atoms with Crippen LogP contribution in [0.4, 0.5) is 0 Å². The average Bonchev–Trinajstić information content (AvgIpc) is 2.53. The number of aryl methyl sites for hydroxylation is 1. The SMILES string of the molecule is CC(C)(CO)CCc1ccsc1. The van der Waals surface area contributed by atoms with Crippen molar-refractivity contribution < 1.29 is 5.11 Å². The second kappa shape index (κ2) is 4.06. The molecule has 1 nitrogen and oxygen atoms in total. The Morgan fingerprint density at radius 1 is 1.50 bits per heavy atom. The third-order valence-electron chi connectivity index (χ3n) is 2.10. The normalized spacial score (nSPS) is 11.9. The van der Waals surface area contributed by atoms with Gasteiger partial charge in [0.05, 0.1) is 0 Å². The Kier molecular flexibility index (Phi) is 3.29. The van der Waals surface area contributed by atoms with Crippen LogP contribution in [0.3, 0.4) is 0 Å². The molecular weight excluding hydrogens is 168 g/mol. The van der Waals surface area contributed by atoms with Crippen molar-refractivity contribution >= 4 is 11.3 Å². The summed E-state index contributed by atoms with van der Waals surface area (Å²) in [5.41, 5.74) is 1.46. The molecule has 0 aliphatic rings. The molecule has 0 saturated heterocycles. The number of hydrogen-bond donors (Lipinski definition) is 1. The summed E-state index contributed by atoms with van der Waals surface area (Å²) in [6.45, 7) is 4.47. The smallest absolute Gasteiger partial charge is 0.0482 e. The first-order valence-corrected chi connectivity index (χ1v) is 5.20. The van der Waals surface area contributed by atoms with Crippen molar-refractivity contribution in [2.45, 2.75) is 26.7 Å². The Hall–Kier alpha value is -0.340. The van der Waals surface area contributed by atoms with Crippen LogP contribution in [0.5, 0.6) is 0 Å². The van der Waals surface area contributed by atoms with Gasteiger partial charge >= 0.3 is 0 Å². The minimum absolute atomic E-state index is 0.0714. The van der Waals surface area contributed by atoms with E-state index in [0.29, 0.717) is 0 Å². The fourth-order valence-electron chi connectivity index (χ4n) is 0.997. The molecule has 1 rings (SSSR count). The number of aliphatic hydroxyl groups excluding tert-OH is 1. The van der Waals surface area contributed by atoms with E-state index in [1.807, 2.05) is 0 Å². The van der Waals surface area contributed by atoms with Crippen LogP contribution in [0.2, 0.25) is 0 Å². The number of thiophene rings is 1. The van der Waals surface area contributed by atoms with Crippen LogP contribution < -0.4 is 0 Å². The van der Waals surface area contributed by atoms with Gasteiger partial charge in [-0.3, -0.25) is 0 Å². The maximum Gasteiger partial charge on any atom is 0.0482 e. The Balaban J connectivity index is 2.36. The minimum atomic E-state index is 0.0714. The van der Waals surface area contributed by atoms with Gasteiger partial charge in [-0.05, 0) is 40.6 Å². The molecule has 1 heterocycles. The second-order valence-electron chi connectivity index (χ2n) is 3.95. The maximum absolute atomic E-state index is 9.03. The van der Waals surface area contributed by atoms with E-state index in [1.54, 1.807) is 11.3 Å². The van der Waals surface area contributed by atoms with Gasteiger partial charge in [0, 0.05) is 6.61 Å². The highest BCUT2D eigenvalue weighted by Crippen LogP contribution is 2.22. The van der Waals surface area contributed by atoms with E-state index < -0.39 is 0 Å². The van der Waals surface area contributed by atoms with E-state index in [0.717, 1.165) is 12.8 Å². The summed E-state index contributed by atoms with van der Waals surface area (Å²) in [5, 5.41) is 13.3. The van der Waals surface area contributed by atoms with Crippen LogP contribution in [0.1, 0.15) is 25.8 Å². The predicted octanol–water partition coefficient (Wildman–Crippen LogP) is 2.70. The lowest BCUT2D eigenvalue weighted by molar-refractivity contribution is 0.151. The van der Waals surface area contributed by atoms with Gasteiger partial charge in [-0.1, -0.05) is 13.8 Å². The van der Waals surface area contributed by atoms with Gasteiger partial charge in [-0.15, -0.1) is 0 Å². The molecule has 68 valence electrons. The van der Waals surface area contributed by atoms with Crippen molar-refractivity contribution in [2.24, 2.45) is 5.41 Å². The molecule has 0 aliphatic carbocycles. The third kappa shape index (κ3) is 2.95. The summed E-state index contributed by atoms with van der Waals surface area (Å²) in [6, 6.07) is 2.15. The quantitative estimate of drug-likeness (QED) is 0.762. The van der Waals surface area contributed by atoms with Crippen LogP contribution in [-0.4, -0.2) is 11.7 Å². The molecule has 0 saturated carbocycles. The molecule has 2 heteroatoms. The Bertz CT molecular complexity index is 214. The molecule has 0 amide bonds. The van der Waals surface area contributed by atoms with Crippen molar-refractivity contribution in [3.05, 3.63) is 22.4 Å². The Labute approximate surface area is 78.1 Å². The molecule has 0 spiro atoms. The molecule has 0 aliphatic heterocycles. The fraction of sp³-hybridized carbons (Fsp3) is 0.600. The van der Waals surface area contributed by atoms with Crippen molar-refractivity contribution in [3.63, 3.8) is 0 Å². The summed E-state index contributed by atoms with van der Waals surface area (Å²) in [7, 11) is 0. The van der Waals surface area contributed by atoms with Crippen molar-refractivity contribution in [1.82, 2.24) is 0 Å². The largest absolute Gasteiger partial charge is 0.396 e. The standard InChI is InChI=1S/C10H16OS/c1-10(2,8-11)5-3-9-4-6-12-7-9/h4,6-7,11H,3,5,8H2,1-2H3. The number of rotatable bonds is 4. The zero-order valence-corrected chi connectivity index (χ0v) is 8.53. The summed E-state index contributed by atoms with van der Waals surface area (Å²) in [6.07, 6.45) is 2.14. The van der Waals surface area contributed by atoms with Gasteiger partial charge in [0.15, 0.2) is 0 Å². The van der Waals surface area contributed by atoms with Crippen molar-refractivity contribution in [1.29, 1.82) is 0 Å². The molecular formula is C10H16OS. The van der Waals surface area contributed by atoms with E-state index in [4.69, 9.17) is 5.11 Å². The highest BCUT2D eigenvalue weighted by molar-refractivity contribution is 7.07. The lowest BCUT2D eigenvalue weighted by Crippen LogP contribution is -2.17. The average molecular weight is 184 g/mol. The van der Waals surface area contributed by atoms with Gasteiger partial charge in [0.2, 0.25) is 0 Å². The zero-order valence-electron chi connectivity index (χ0n) is 7.71. The number of hydrogen-bond acceptors (Lipinski definition) is 2. The zero-order chi connectivity index (χ0) is 9.03. The molecule has 0 bridgehead atoms. The molecule has 1 aromatic rings. The van der Waals surface area contributed by atoms with Gasteiger partial charge in [-0.2, -0.15) is 11.3 Å². The Morgan fingerprint density at radius 2 is 2.25 bits per heavy atom. The monoisotopic (exact) mass is 184 g/mol. The molecule has 0 unspecified atom stereocenters. The van der Waals surface area contributed by atoms with E-state index in [-0.39, 0.29) is 12.0 Å². The molecule has 0 aromatic carbocycles. The summed E-state index contributed by atoms with van der Waals surface area (Å²) in [5.74, 6) is 0. The van der Waals surface area contributed by atoms with Crippen LogP contribution in [0.15, 0.2) is 16.8 Å². The highest BCUT2D eigenvalue weighted by atomic mass is 32.1. The van der Waals surface area contributed by atoms with E-state index in [1.165, 1.54) is 5.56 Å². The van der Waals surface area contributed by atoms with Crippen LogP contribution in [-0.2, 0) is 6.42 Å².